The molecule has 0 aromatic rings. The lowest BCUT2D eigenvalue weighted by Gasteiger charge is -2.10. The van der Waals surface area contributed by atoms with E-state index in [1.807, 2.05) is 0 Å². The van der Waals surface area contributed by atoms with Crippen LogP contribution in [-0.2, 0) is 4.79 Å². The van der Waals surface area contributed by atoms with Gasteiger partial charge < -0.3 is 5.32 Å². The van der Waals surface area contributed by atoms with Crippen LogP contribution in [0.25, 0.3) is 0 Å². The highest BCUT2D eigenvalue weighted by atomic mass is 16.1. The predicted octanol–water partition coefficient (Wildman–Crippen LogP) is 2.19. The average molecular weight is 206 g/mol. The number of carbonyl (C=O) groups excluding carboxylic acids is 1. The molecule has 1 heterocycles. The number of carbonyl (C=O) groups is 1. The van der Waals surface area contributed by atoms with Gasteiger partial charge in [0, 0.05) is 31.3 Å². The topological polar surface area (TPSA) is 41.5 Å². The molecule has 0 unspecified atom stereocenters. The molecule has 0 radical (unpaired) electrons. The van der Waals surface area contributed by atoms with E-state index < -0.39 is 0 Å². The van der Waals surface area contributed by atoms with Crippen molar-refractivity contribution in [2.24, 2.45) is 4.99 Å². The minimum absolute atomic E-state index is 0.113. The van der Waals surface area contributed by atoms with E-state index in [0.29, 0.717) is 6.42 Å². The Bertz CT molecular complexity index is 329. The van der Waals surface area contributed by atoms with Gasteiger partial charge in [0.15, 0.2) is 0 Å². The summed E-state index contributed by atoms with van der Waals surface area (Å²) in [7, 11) is 1.68. The second-order valence-electron chi connectivity index (χ2n) is 4.29. The molecule has 1 aliphatic heterocycles. The Morgan fingerprint density at radius 3 is 2.93 bits per heavy atom. The van der Waals surface area contributed by atoms with Gasteiger partial charge in [-0.2, -0.15) is 0 Å². The Labute approximate surface area is 90.7 Å². The molecule has 0 bridgehead atoms. The van der Waals surface area contributed by atoms with Gasteiger partial charge in [0.1, 0.15) is 0 Å². The van der Waals surface area contributed by atoms with E-state index in [1.54, 1.807) is 7.05 Å². The van der Waals surface area contributed by atoms with Gasteiger partial charge in [-0.15, -0.1) is 0 Å². The molecule has 0 atom stereocenters. The van der Waals surface area contributed by atoms with Gasteiger partial charge in [-0.05, 0) is 37.7 Å². The molecule has 0 fully saturated rings. The summed E-state index contributed by atoms with van der Waals surface area (Å²) in [5.41, 5.74) is 4.08. The van der Waals surface area contributed by atoms with Crippen LogP contribution in [0, 0.1) is 0 Å². The summed E-state index contributed by atoms with van der Waals surface area (Å²) in [5.74, 6) is 0.113. The van der Waals surface area contributed by atoms with Gasteiger partial charge in [0.2, 0.25) is 5.91 Å². The molecule has 82 valence electrons. The fourth-order valence-electron chi connectivity index (χ4n) is 2.28. The second kappa shape index (κ2) is 4.60. The Balaban J connectivity index is 1.85. The summed E-state index contributed by atoms with van der Waals surface area (Å²) < 4.78 is 0. The summed E-state index contributed by atoms with van der Waals surface area (Å²) in [6, 6.07) is 0. The first-order chi connectivity index (χ1) is 7.29. The van der Waals surface area contributed by atoms with Gasteiger partial charge >= 0.3 is 0 Å². The standard InChI is InChI=1S/C12H18N2O/c1-13-12(15)7-6-10-8-9-4-2-3-5-11(9)14-10/h2-8H2,1H3,(H,13,15). The molecular weight excluding hydrogens is 188 g/mol. The van der Waals surface area contributed by atoms with E-state index >= 15 is 0 Å². The minimum atomic E-state index is 0.113. The van der Waals surface area contributed by atoms with Crippen molar-refractivity contribution in [2.75, 3.05) is 7.05 Å². The molecule has 1 N–H and O–H groups in total. The van der Waals surface area contributed by atoms with Gasteiger partial charge in [-0.25, -0.2) is 0 Å². The molecule has 0 aromatic heterocycles. The zero-order valence-corrected chi connectivity index (χ0v) is 9.31. The van der Waals surface area contributed by atoms with Crippen LogP contribution in [-0.4, -0.2) is 18.7 Å². The number of amides is 1. The first-order valence-electron chi connectivity index (χ1n) is 5.77. The van der Waals surface area contributed by atoms with Crippen molar-refractivity contribution in [3.63, 3.8) is 0 Å². The summed E-state index contributed by atoms with van der Waals surface area (Å²) in [4.78, 5) is 15.7. The molecule has 0 saturated heterocycles. The maximum Gasteiger partial charge on any atom is 0.220 e. The van der Waals surface area contributed by atoms with Crippen molar-refractivity contribution in [1.29, 1.82) is 0 Å². The molecule has 2 rings (SSSR count). The van der Waals surface area contributed by atoms with Crippen molar-refractivity contribution in [3.8, 4) is 0 Å². The zero-order valence-electron chi connectivity index (χ0n) is 9.31. The molecule has 0 saturated carbocycles. The fraction of sp³-hybridized carbons (Fsp3) is 0.667. The number of hydrogen-bond acceptors (Lipinski definition) is 2. The van der Waals surface area contributed by atoms with Crippen LogP contribution < -0.4 is 5.32 Å². The van der Waals surface area contributed by atoms with Crippen LogP contribution in [0.1, 0.15) is 44.9 Å². The van der Waals surface area contributed by atoms with E-state index in [1.165, 1.54) is 36.2 Å². The molecular formula is C12H18N2O. The molecule has 0 aromatic carbocycles. The maximum atomic E-state index is 11.1. The van der Waals surface area contributed by atoms with Crippen LogP contribution in [0.3, 0.4) is 0 Å². The number of allylic oxidation sites excluding steroid dienone is 2. The maximum absolute atomic E-state index is 11.1. The zero-order chi connectivity index (χ0) is 10.7. The lowest BCUT2D eigenvalue weighted by Crippen LogP contribution is -2.18. The number of nitrogens with one attached hydrogen (secondary N) is 1. The SMILES string of the molecule is CNC(=O)CCC1=NC2=C(CCCC2)C1. The van der Waals surface area contributed by atoms with E-state index in [-0.39, 0.29) is 5.91 Å². The van der Waals surface area contributed by atoms with E-state index in [0.717, 1.165) is 19.3 Å². The summed E-state index contributed by atoms with van der Waals surface area (Å²) in [5, 5.41) is 2.64. The van der Waals surface area contributed by atoms with Gasteiger partial charge in [0.25, 0.3) is 0 Å². The molecule has 0 spiro atoms. The van der Waals surface area contributed by atoms with Gasteiger partial charge in [0.05, 0.1) is 0 Å². The normalized spacial score (nSPS) is 19.9. The van der Waals surface area contributed by atoms with Gasteiger partial charge in [-0.1, -0.05) is 0 Å². The number of hydrogen-bond donors (Lipinski definition) is 1. The molecule has 1 amide bonds. The molecule has 3 nitrogen and oxygen atoms in total. The number of rotatable bonds is 3. The highest BCUT2D eigenvalue weighted by Crippen LogP contribution is 2.33. The Morgan fingerprint density at radius 1 is 1.40 bits per heavy atom. The van der Waals surface area contributed by atoms with Crippen molar-refractivity contribution >= 4 is 11.6 Å². The highest BCUT2D eigenvalue weighted by molar-refractivity contribution is 5.92. The smallest absolute Gasteiger partial charge is 0.220 e. The van der Waals surface area contributed by atoms with E-state index in [2.05, 4.69) is 10.3 Å². The first kappa shape index (κ1) is 10.4. The third kappa shape index (κ3) is 2.46. The molecule has 2 aliphatic rings. The quantitative estimate of drug-likeness (QED) is 0.755. The lowest BCUT2D eigenvalue weighted by atomic mass is 9.95. The van der Waals surface area contributed by atoms with Crippen molar-refractivity contribution in [2.45, 2.75) is 44.9 Å². The Kier molecular flexibility index (Phi) is 3.19. The molecule has 3 heteroatoms. The predicted molar refractivity (Wildman–Crippen MR) is 60.8 cm³/mol. The first-order valence-corrected chi connectivity index (χ1v) is 5.77. The Hall–Kier alpha value is -1.12. The van der Waals surface area contributed by atoms with Crippen LogP contribution in [0.15, 0.2) is 16.3 Å². The van der Waals surface area contributed by atoms with E-state index in [9.17, 15) is 4.79 Å². The van der Waals surface area contributed by atoms with Crippen LogP contribution >= 0.6 is 0 Å². The number of aliphatic imine (C=N–C) groups is 1. The van der Waals surface area contributed by atoms with Crippen molar-refractivity contribution in [3.05, 3.63) is 11.3 Å². The highest BCUT2D eigenvalue weighted by Gasteiger charge is 2.20. The average Bonchev–Trinajstić information content (AvgIpc) is 2.68. The Morgan fingerprint density at radius 2 is 2.20 bits per heavy atom. The van der Waals surface area contributed by atoms with Crippen molar-refractivity contribution in [1.82, 2.24) is 5.32 Å². The molecule has 1 aliphatic carbocycles. The van der Waals surface area contributed by atoms with Gasteiger partial charge in [-0.3, -0.25) is 9.79 Å². The summed E-state index contributed by atoms with van der Waals surface area (Å²) in [6.07, 6.45) is 7.41. The summed E-state index contributed by atoms with van der Waals surface area (Å²) in [6.45, 7) is 0. The monoisotopic (exact) mass is 206 g/mol. The largest absolute Gasteiger partial charge is 0.359 e. The van der Waals surface area contributed by atoms with Crippen LogP contribution in [0.5, 0.6) is 0 Å². The fourth-order valence-corrected chi connectivity index (χ4v) is 2.28. The van der Waals surface area contributed by atoms with Crippen LogP contribution in [0.2, 0.25) is 0 Å². The molecule has 15 heavy (non-hydrogen) atoms. The third-order valence-corrected chi connectivity index (χ3v) is 3.18. The van der Waals surface area contributed by atoms with Crippen molar-refractivity contribution < 1.29 is 4.79 Å². The number of nitrogens with zero attached hydrogens (tertiary/aromatic N) is 1. The summed E-state index contributed by atoms with van der Waals surface area (Å²) >= 11 is 0. The van der Waals surface area contributed by atoms with E-state index in [4.69, 9.17) is 0 Å². The third-order valence-electron chi connectivity index (χ3n) is 3.18. The minimum Gasteiger partial charge on any atom is -0.359 e. The second-order valence-corrected chi connectivity index (χ2v) is 4.29. The lowest BCUT2D eigenvalue weighted by molar-refractivity contribution is -0.120. The van der Waals surface area contributed by atoms with Crippen LogP contribution in [0.4, 0.5) is 0 Å².